The summed E-state index contributed by atoms with van der Waals surface area (Å²) in [4.78, 5) is 16.6. The van der Waals surface area contributed by atoms with Gasteiger partial charge in [-0.3, -0.25) is 0 Å². The van der Waals surface area contributed by atoms with Crippen molar-refractivity contribution >= 4 is 16.9 Å². The van der Waals surface area contributed by atoms with E-state index in [9.17, 15) is 9.90 Å². The Hall–Kier alpha value is -2.88. The van der Waals surface area contributed by atoms with Gasteiger partial charge < -0.3 is 9.84 Å². The number of aromatic nitrogens is 1. The number of aryl methyl sites for hydroxylation is 1. The number of hydrogen-bond donors (Lipinski definition) is 1. The zero-order valence-electron chi connectivity index (χ0n) is 15.5. The highest BCUT2D eigenvalue weighted by molar-refractivity contribution is 6.05. The first-order valence-corrected chi connectivity index (χ1v) is 8.74. The number of nitrogens with zero attached hydrogens (tertiary/aromatic N) is 1. The van der Waals surface area contributed by atoms with Crippen LogP contribution in [0, 0.1) is 19.8 Å². The maximum atomic E-state index is 11.9. The van der Waals surface area contributed by atoms with Crippen LogP contribution in [0.25, 0.3) is 22.2 Å². The van der Waals surface area contributed by atoms with E-state index in [2.05, 4.69) is 13.8 Å². The SMILES string of the molecule is Cc1ccc2nc(-c3ccc(OCC(C)C)cc3)c(C)c(C(=O)O)c2c1. The standard InChI is InChI=1S/C22H23NO3/c1-13(2)12-26-17-8-6-16(7-9-17)21-15(4)20(22(24)25)18-11-14(3)5-10-19(18)23-21/h5-11,13H,12H2,1-4H3,(H,24,25). The number of fused-ring (bicyclic) bond motifs is 1. The van der Waals surface area contributed by atoms with Gasteiger partial charge >= 0.3 is 5.97 Å². The Balaban J connectivity index is 2.09. The second kappa shape index (κ2) is 7.16. The Morgan fingerprint density at radius 2 is 1.81 bits per heavy atom. The third-order valence-electron chi connectivity index (χ3n) is 4.31. The zero-order valence-corrected chi connectivity index (χ0v) is 15.5. The number of carbonyl (C=O) groups is 1. The van der Waals surface area contributed by atoms with Gasteiger partial charge in [-0.2, -0.15) is 0 Å². The van der Waals surface area contributed by atoms with E-state index in [1.807, 2.05) is 56.3 Å². The molecule has 0 aliphatic carbocycles. The van der Waals surface area contributed by atoms with Crippen LogP contribution in [-0.2, 0) is 0 Å². The molecular weight excluding hydrogens is 326 g/mol. The predicted molar refractivity (Wildman–Crippen MR) is 104 cm³/mol. The second-order valence-corrected chi connectivity index (χ2v) is 7.02. The van der Waals surface area contributed by atoms with Gasteiger partial charge in [-0.15, -0.1) is 0 Å². The molecule has 134 valence electrons. The van der Waals surface area contributed by atoms with Crippen molar-refractivity contribution in [1.82, 2.24) is 4.98 Å². The van der Waals surface area contributed by atoms with E-state index in [4.69, 9.17) is 9.72 Å². The van der Waals surface area contributed by atoms with E-state index in [1.54, 1.807) is 0 Å². The minimum Gasteiger partial charge on any atom is -0.493 e. The van der Waals surface area contributed by atoms with E-state index >= 15 is 0 Å². The fourth-order valence-corrected chi connectivity index (χ4v) is 3.00. The molecule has 1 N–H and O–H groups in total. The average Bonchev–Trinajstić information content (AvgIpc) is 2.59. The van der Waals surface area contributed by atoms with Gasteiger partial charge in [-0.1, -0.05) is 25.5 Å². The van der Waals surface area contributed by atoms with E-state index in [0.29, 0.717) is 40.2 Å². The molecule has 1 aromatic heterocycles. The smallest absolute Gasteiger partial charge is 0.336 e. The van der Waals surface area contributed by atoms with Gasteiger partial charge in [0.1, 0.15) is 5.75 Å². The summed E-state index contributed by atoms with van der Waals surface area (Å²) < 4.78 is 5.72. The van der Waals surface area contributed by atoms with Gasteiger partial charge in [-0.25, -0.2) is 9.78 Å². The molecule has 0 radical (unpaired) electrons. The second-order valence-electron chi connectivity index (χ2n) is 7.02. The summed E-state index contributed by atoms with van der Waals surface area (Å²) in [6, 6.07) is 13.4. The number of aromatic carboxylic acids is 1. The number of rotatable bonds is 5. The Bertz CT molecular complexity index is 959. The van der Waals surface area contributed by atoms with E-state index in [1.165, 1.54) is 0 Å². The summed E-state index contributed by atoms with van der Waals surface area (Å²) >= 11 is 0. The quantitative estimate of drug-likeness (QED) is 0.683. The van der Waals surface area contributed by atoms with Crippen LogP contribution in [-0.4, -0.2) is 22.7 Å². The Morgan fingerprint density at radius 1 is 1.12 bits per heavy atom. The molecule has 0 saturated carbocycles. The molecule has 0 saturated heterocycles. The van der Waals surface area contributed by atoms with E-state index < -0.39 is 5.97 Å². The van der Waals surface area contributed by atoms with Crippen molar-refractivity contribution in [1.29, 1.82) is 0 Å². The molecule has 4 heteroatoms. The third kappa shape index (κ3) is 3.54. The molecule has 0 amide bonds. The largest absolute Gasteiger partial charge is 0.493 e. The third-order valence-corrected chi connectivity index (χ3v) is 4.31. The molecule has 26 heavy (non-hydrogen) atoms. The summed E-state index contributed by atoms with van der Waals surface area (Å²) in [6.07, 6.45) is 0. The fraction of sp³-hybridized carbons (Fsp3) is 0.273. The number of carboxylic acids is 1. The van der Waals surface area contributed by atoms with Gasteiger partial charge in [-0.05, 0) is 61.7 Å². The lowest BCUT2D eigenvalue weighted by atomic mass is 9.97. The average molecular weight is 349 g/mol. The molecule has 4 nitrogen and oxygen atoms in total. The van der Waals surface area contributed by atoms with Gasteiger partial charge in [0.25, 0.3) is 0 Å². The van der Waals surface area contributed by atoms with Crippen LogP contribution < -0.4 is 4.74 Å². The summed E-state index contributed by atoms with van der Waals surface area (Å²) in [5, 5.41) is 10.4. The molecule has 3 rings (SSSR count). The van der Waals surface area contributed by atoms with E-state index in [-0.39, 0.29) is 0 Å². The normalized spacial score (nSPS) is 11.1. The molecule has 1 heterocycles. The van der Waals surface area contributed by atoms with Gasteiger partial charge in [0.05, 0.1) is 23.4 Å². The molecule has 0 unspecified atom stereocenters. The van der Waals surface area contributed by atoms with Crippen LogP contribution in [0.1, 0.15) is 35.3 Å². The summed E-state index contributed by atoms with van der Waals surface area (Å²) in [6.45, 7) is 8.63. The molecule has 0 aliphatic heterocycles. The van der Waals surface area contributed by atoms with Crippen LogP contribution in [0.4, 0.5) is 0 Å². The van der Waals surface area contributed by atoms with Gasteiger partial charge in [0.2, 0.25) is 0 Å². The summed E-state index contributed by atoms with van der Waals surface area (Å²) in [7, 11) is 0. The van der Waals surface area contributed by atoms with Crippen molar-refractivity contribution < 1.29 is 14.6 Å². The molecule has 0 bridgehead atoms. The van der Waals surface area contributed by atoms with Crippen molar-refractivity contribution in [2.24, 2.45) is 5.92 Å². The Kier molecular flexibility index (Phi) is 4.94. The Morgan fingerprint density at radius 3 is 2.42 bits per heavy atom. The molecular formula is C22H23NO3. The number of benzene rings is 2. The fourth-order valence-electron chi connectivity index (χ4n) is 3.00. The Labute approximate surface area is 153 Å². The van der Waals surface area contributed by atoms with Crippen molar-refractivity contribution in [3.05, 3.63) is 59.2 Å². The lowest BCUT2D eigenvalue weighted by molar-refractivity contribution is 0.0698. The molecule has 2 aromatic carbocycles. The van der Waals surface area contributed by atoms with Crippen LogP contribution in [0.3, 0.4) is 0 Å². The number of carboxylic acid groups (broad SMARTS) is 1. The van der Waals surface area contributed by atoms with Crippen molar-refractivity contribution in [2.75, 3.05) is 6.61 Å². The number of hydrogen-bond acceptors (Lipinski definition) is 3. The highest BCUT2D eigenvalue weighted by atomic mass is 16.5. The first kappa shape index (κ1) is 17.9. The van der Waals surface area contributed by atoms with Gasteiger partial charge in [0.15, 0.2) is 0 Å². The van der Waals surface area contributed by atoms with E-state index in [0.717, 1.165) is 16.9 Å². The number of ether oxygens (including phenoxy) is 1. The van der Waals surface area contributed by atoms with Crippen LogP contribution in [0.5, 0.6) is 5.75 Å². The molecule has 0 fully saturated rings. The maximum Gasteiger partial charge on any atom is 0.336 e. The highest BCUT2D eigenvalue weighted by Crippen LogP contribution is 2.31. The topological polar surface area (TPSA) is 59.4 Å². The van der Waals surface area contributed by atoms with Crippen molar-refractivity contribution in [2.45, 2.75) is 27.7 Å². The van der Waals surface area contributed by atoms with Crippen LogP contribution in [0.15, 0.2) is 42.5 Å². The molecule has 0 atom stereocenters. The van der Waals surface area contributed by atoms with Crippen molar-refractivity contribution in [3.8, 4) is 17.0 Å². The maximum absolute atomic E-state index is 11.9. The summed E-state index contributed by atoms with van der Waals surface area (Å²) in [5.74, 6) is 0.328. The van der Waals surface area contributed by atoms with Crippen LogP contribution >= 0.6 is 0 Å². The molecule has 0 spiro atoms. The molecule has 0 aliphatic rings. The first-order valence-electron chi connectivity index (χ1n) is 8.74. The lowest BCUT2D eigenvalue weighted by Crippen LogP contribution is -2.05. The highest BCUT2D eigenvalue weighted by Gasteiger charge is 2.18. The number of pyridine rings is 1. The van der Waals surface area contributed by atoms with Gasteiger partial charge in [0, 0.05) is 10.9 Å². The van der Waals surface area contributed by atoms with Crippen LogP contribution in [0.2, 0.25) is 0 Å². The predicted octanol–water partition coefficient (Wildman–Crippen LogP) is 5.25. The lowest BCUT2D eigenvalue weighted by Gasteiger charge is -2.13. The van der Waals surface area contributed by atoms with Crippen molar-refractivity contribution in [3.63, 3.8) is 0 Å². The minimum absolute atomic E-state index is 0.314. The summed E-state index contributed by atoms with van der Waals surface area (Å²) in [5.41, 5.74) is 4.26. The minimum atomic E-state index is -0.932. The first-order chi connectivity index (χ1) is 12.4. The monoisotopic (exact) mass is 349 g/mol. The molecule has 3 aromatic rings. The zero-order chi connectivity index (χ0) is 18.8.